The van der Waals surface area contributed by atoms with Crippen LogP contribution in [0.15, 0.2) is 6.33 Å². The molecule has 0 bridgehead atoms. The molecule has 0 aliphatic rings. The predicted octanol–water partition coefficient (Wildman–Crippen LogP) is 2.27. The highest BCUT2D eigenvalue weighted by Gasteiger charge is 2.09. The second-order valence-corrected chi connectivity index (χ2v) is 4.72. The van der Waals surface area contributed by atoms with Gasteiger partial charge in [0.05, 0.1) is 12.0 Å². The van der Waals surface area contributed by atoms with E-state index in [1.807, 2.05) is 6.33 Å². The third kappa shape index (κ3) is 3.34. The Labute approximate surface area is 93.1 Å². The number of rotatable bonds is 5. The molecule has 0 N–H and O–H groups in total. The Morgan fingerprint density at radius 3 is 2.53 bits per heavy atom. The summed E-state index contributed by atoms with van der Waals surface area (Å²) in [7, 11) is 4.22. The third-order valence-electron chi connectivity index (χ3n) is 2.69. The van der Waals surface area contributed by atoms with Crippen LogP contribution in [0.3, 0.4) is 0 Å². The van der Waals surface area contributed by atoms with Crippen LogP contribution in [0.2, 0.25) is 0 Å². The van der Waals surface area contributed by atoms with Gasteiger partial charge < -0.3 is 9.47 Å². The first-order valence-electron chi connectivity index (χ1n) is 5.68. The van der Waals surface area contributed by atoms with Crippen molar-refractivity contribution in [2.75, 3.05) is 20.6 Å². The van der Waals surface area contributed by atoms with Crippen LogP contribution in [0.1, 0.15) is 37.6 Å². The number of hydrogen-bond donors (Lipinski definition) is 0. The zero-order valence-corrected chi connectivity index (χ0v) is 10.6. The van der Waals surface area contributed by atoms with E-state index >= 15 is 0 Å². The SMILES string of the molecule is Cc1c(C(C)C)ncn1CCCN(C)C. The lowest BCUT2D eigenvalue weighted by atomic mass is 10.1. The van der Waals surface area contributed by atoms with Crippen LogP contribution in [0, 0.1) is 6.92 Å². The first-order chi connectivity index (χ1) is 7.02. The van der Waals surface area contributed by atoms with Gasteiger partial charge in [-0.25, -0.2) is 4.98 Å². The van der Waals surface area contributed by atoms with Crippen LogP contribution in [-0.4, -0.2) is 35.1 Å². The van der Waals surface area contributed by atoms with Crippen molar-refractivity contribution in [2.24, 2.45) is 0 Å². The maximum absolute atomic E-state index is 4.46. The summed E-state index contributed by atoms with van der Waals surface area (Å²) in [6, 6.07) is 0. The van der Waals surface area contributed by atoms with Gasteiger partial charge in [-0.2, -0.15) is 0 Å². The highest BCUT2D eigenvalue weighted by Crippen LogP contribution is 2.16. The van der Waals surface area contributed by atoms with Gasteiger partial charge >= 0.3 is 0 Å². The fourth-order valence-electron chi connectivity index (χ4n) is 1.81. The van der Waals surface area contributed by atoms with Crippen molar-refractivity contribution >= 4 is 0 Å². The number of aryl methyl sites for hydroxylation is 1. The normalized spacial score (nSPS) is 11.7. The fraction of sp³-hybridized carbons (Fsp3) is 0.750. The first kappa shape index (κ1) is 12.2. The van der Waals surface area contributed by atoms with Crippen molar-refractivity contribution in [3.63, 3.8) is 0 Å². The molecule has 1 rings (SSSR count). The Balaban J connectivity index is 2.55. The minimum absolute atomic E-state index is 0.528. The van der Waals surface area contributed by atoms with Gasteiger partial charge in [0.1, 0.15) is 0 Å². The smallest absolute Gasteiger partial charge is 0.0951 e. The summed E-state index contributed by atoms with van der Waals surface area (Å²) in [5, 5.41) is 0. The molecule has 1 aromatic rings. The highest BCUT2D eigenvalue weighted by molar-refractivity contribution is 5.14. The fourth-order valence-corrected chi connectivity index (χ4v) is 1.81. The molecule has 0 amide bonds. The summed E-state index contributed by atoms with van der Waals surface area (Å²) in [6.07, 6.45) is 3.15. The lowest BCUT2D eigenvalue weighted by Gasteiger charge is -2.11. The Bertz CT molecular complexity index is 300. The highest BCUT2D eigenvalue weighted by atomic mass is 15.1. The molecule has 3 heteroatoms. The number of aromatic nitrogens is 2. The molecular weight excluding hydrogens is 186 g/mol. The van der Waals surface area contributed by atoms with Gasteiger partial charge in [0.15, 0.2) is 0 Å². The first-order valence-corrected chi connectivity index (χ1v) is 5.68. The molecule has 0 saturated carbocycles. The van der Waals surface area contributed by atoms with Crippen molar-refractivity contribution in [1.82, 2.24) is 14.5 Å². The molecule has 0 spiro atoms. The van der Waals surface area contributed by atoms with E-state index in [9.17, 15) is 0 Å². The summed E-state index contributed by atoms with van der Waals surface area (Å²) in [5.74, 6) is 0.528. The molecule has 3 nitrogen and oxygen atoms in total. The molecule has 15 heavy (non-hydrogen) atoms. The van der Waals surface area contributed by atoms with E-state index in [1.54, 1.807) is 0 Å². The second-order valence-electron chi connectivity index (χ2n) is 4.72. The molecule has 0 aliphatic heterocycles. The van der Waals surface area contributed by atoms with Crippen LogP contribution < -0.4 is 0 Å². The maximum Gasteiger partial charge on any atom is 0.0951 e. The van der Waals surface area contributed by atoms with Gasteiger partial charge in [-0.05, 0) is 39.9 Å². The largest absolute Gasteiger partial charge is 0.335 e. The Morgan fingerprint density at radius 2 is 2.07 bits per heavy atom. The minimum atomic E-state index is 0.528. The summed E-state index contributed by atoms with van der Waals surface area (Å²) >= 11 is 0. The van der Waals surface area contributed by atoms with Crippen LogP contribution in [0.25, 0.3) is 0 Å². The minimum Gasteiger partial charge on any atom is -0.335 e. The predicted molar refractivity (Wildman–Crippen MR) is 64.2 cm³/mol. The summed E-state index contributed by atoms with van der Waals surface area (Å²) in [6.45, 7) is 8.76. The van der Waals surface area contributed by atoms with Gasteiger partial charge in [0.25, 0.3) is 0 Å². The van der Waals surface area contributed by atoms with Crippen LogP contribution in [0.5, 0.6) is 0 Å². The molecule has 1 heterocycles. The zero-order chi connectivity index (χ0) is 11.4. The van der Waals surface area contributed by atoms with Crippen LogP contribution in [0.4, 0.5) is 0 Å². The molecule has 0 radical (unpaired) electrons. The molecule has 0 aliphatic carbocycles. The zero-order valence-electron chi connectivity index (χ0n) is 10.6. The van der Waals surface area contributed by atoms with Crippen LogP contribution >= 0.6 is 0 Å². The number of hydrogen-bond acceptors (Lipinski definition) is 2. The van der Waals surface area contributed by atoms with E-state index in [4.69, 9.17) is 0 Å². The van der Waals surface area contributed by atoms with E-state index in [0.717, 1.165) is 13.1 Å². The number of imidazole rings is 1. The Hall–Kier alpha value is -0.830. The molecule has 0 saturated heterocycles. The van der Waals surface area contributed by atoms with Crippen molar-refractivity contribution in [1.29, 1.82) is 0 Å². The van der Waals surface area contributed by atoms with Crippen molar-refractivity contribution in [3.8, 4) is 0 Å². The molecular formula is C12H23N3. The Morgan fingerprint density at radius 1 is 1.40 bits per heavy atom. The van der Waals surface area contributed by atoms with E-state index in [2.05, 4.69) is 49.3 Å². The summed E-state index contributed by atoms with van der Waals surface area (Å²) < 4.78 is 2.26. The van der Waals surface area contributed by atoms with Crippen molar-refractivity contribution in [2.45, 2.75) is 39.7 Å². The molecule has 0 unspecified atom stereocenters. The van der Waals surface area contributed by atoms with Gasteiger partial charge in [-0.15, -0.1) is 0 Å². The van der Waals surface area contributed by atoms with Crippen molar-refractivity contribution in [3.05, 3.63) is 17.7 Å². The summed E-state index contributed by atoms with van der Waals surface area (Å²) in [5.41, 5.74) is 2.56. The van der Waals surface area contributed by atoms with E-state index in [0.29, 0.717) is 5.92 Å². The van der Waals surface area contributed by atoms with Crippen molar-refractivity contribution < 1.29 is 0 Å². The van der Waals surface area contributed by atoms with E-state index in [1.165, 1.54) is 17.8 Å². The maximum atomic E-state index is 4.46. The van der Waals surface area contributed by atoms with Crippen LogP contribution in [-0.2, 0) is 6.54 Å². The lowest BCUT2D eigenvalue weighted by molar-refractivity contribution is 0.385. The van der Waals surface area contributed by atoms with Gasteiger partial charge in [-0.1, -0.05) is 13.8 Å². The Kier molecular flexibility index (Phi) is 4.33. The molecule has 0 atom stereocenters. The summed E-state index contributed by atoms with van der Waals surface area (Å²) in [4.78, 5) is 6.68. The topological polar surface area (TPSA) is 21.1 Å². The van der Waals surface area contributed by atoms with Gasteiger partial charge in [0.2, 0.25) is 0 Å². The van der Waals surface area contributed by atoms with Gasteiger partial charge in [-0.3, -0.25) is 0 Å². The second kappa shape index (κ2) is 5.31. The lowest BCUT2D eigenvalue weighted by Crippen LogP contribution is -2.15. The standard InChI is InChI=1S/C12H23N3/c1-10(2)12-11(3)15(9-13-12)8-6-7-14(4)5/h9-10H,6-8H2,1-5H3. The van der Waals surface area contributed by atoms with E-state index < -0.39 is 0 Å². The molecule has 1 aromatic heterocycles. The molecule has 0 fully saturated rings. The van der Waals surface area contributed by atoms with E-state index in [-0.39, 0.29) is 0 Å². The number of nitrogens with zero attached hydrogens (tertiary/aromatic N) is 3. The third-order valence-corrected chi connectivity index (χ3v) is 2.69. The monoisotopic (exact) mass is 209 g/mol. The average Bonchev–Trinajstić information content (AvgIpc) is 2.47. The quantitative estimate of drug-likeness (QED) is 0.741. The average molecular weight is 209 g/mol. The van der Waals surface area contributed by atoms with Gasteiger partial charge in [0, 0.05) is 12.2 Å². The molecule has 0 aromatic carbocycles. The molecule has 86 valence electrons.